The Morgan fingerprint density at radius 2 is 2.12 bits per heavy atom. The molecule has 8 heteroatoms. The highest BCUT2D eigenvalue weighted by atomic mass is 35.5. The molecule has 0 saturated heterocycles. The summed E-state index contributed by atoms with van der Waals surface area (Å²) in [6.07, 6.45) is -0.447. The lowest BCUT2D eigenvalue weighted by Crippen LogP contribution is -2.61. The van der Waals surface area contributed by atoms with Crippen LogP contribution in [-0.2, 0) is 14.9 Å². The van der Waals surface area contributed by atoms with Crippen molar-refractivity contribution in [3.8, 4) is 0 Å². The number of carbonyl (C=O) groups excluding carboxylic acids is 1. The Kier molecular flexibility index (Phi) is 4.27. The number of nitrogens with one attached hydrogen (secondary N) is 2. The van der Waals surface area contributed by atoms with E-state index < -0.39 is 16.3 Å². The molecule has 0 aromatic rings. The largest absolute Gasteiger partial charge is 0.449 e. The van der Waals surface area contributed by atoms with Gasteiger partial charge in [-0.05, 0) is 18.8 Å². The SMILES string of the molecule is CCOC(=O)NS(=O)(=O)NC1CC(Cl)C1(C)C. The molecule has 1 fully saturated rings. The van der Waals surface area contributed by atoms with Gasteiger partial charge in [0.2, 0.25) is 0 Å². The Hall–Kier alpha value is -0.530. The average molecular weight is 285 g/mol. The van der Waals surface area contributed by atoms with E-state index in [9.17, 15) is 13.2 Å². The molecule has 0 radical (unpaired) electrons. The van der Waals surface area contributed by atoms with Gasteiger partial charge < -0.3 is 4.74 Å². The molecule has 1 aliphatic carbocycles. The van der Waals surface area contributed by atoms with Crippen molar-refractivity contribution in [2.24, 2.45) is 5.41 Å². The number of hydrogen-bond acceptors (Lipinski definition) is 4. The van der Waals surface area contributed by atoms with Crippen LogP contribution in [0.5, 0.6) is 0 Å². The normalized spacial score (nSPS) is 27.1. The molecule has 2 N–H and O–H groups in total. The predicted molar refractivity (Wildman–Crippen MR) is 64.0 cm³/mol. The minimum atomic E-state index is -3.89. The van der Waals surface area contributed by atoms with E-state index in [0.29, 0.717) is 6.42 Å². The molecule has 2 unspecified atom stereocenters. The molecule has 1 amide bonds. The summed E-state index contributed by atoms with van der Waals surface area (Å²) in [5.74, 6) is 0. The third-order valence-electron chi connectivity index (χ3n) is 2.94. The van der Waals surface area contributed by atoms with Crippen molar-refractivity contribution in [2.45, 2.75) is 38.6 Å². The van der Waals surface area contributed by atoms with Crippen LogP contribution >= 0.6 is 11.6 Å². The summed E-state index contributed by atoms with van der Waals surface area (Å²) in [5.41, 5.74) is -0.328. The van der Waals surface area contributed by atoms with Crippen LogP contribution in [0.3, 0.4) is 0 Å². The number of rotatable bonds is 4. The molecule has 6 nitrogen and oxygen atoms in total. The van der Waals surface area contributed by atoms with Gasteiger partial charge in [-0.1, -0.05) is 13.8 Å². The maximum atomic E-state index is 11.5. The van der Waals surface area contributed by atoms with E-state index >= 15 is 0 Å². The molecule has 1 aliphatic rings. The average Bonchev–Trinajstić information content (AvgIpc) is 2.16. The van der Waals surface area contributed by atoms with E-state index in [4.69, 9.17) is 11.6 Å². The maximum absolute atomic E-state index is 11.5. The van der Waals surface area contributed by atoms with Gasteiger partial charge in [0.15, 0.2) is 0 Å². The maximum Gasteiger partial charge on any atom is 0.421 e. The van der Waals surface area contributed by atoms with Crippen molar-refractivity contribution >= 4 is 27.9 Å². The Labute approximate surface area is 106 Å². The number of ether oxygens (including phenoxy) is 1. The lowest BCUT2D eigenvalue weighted by molar-refractivity contribution is 0.136. The summed E-state index contributed by atoms with van der Waals surface area (Å²) < 4.78 is 31.7. The number of alkyl halides is 1. The standard InChI is InChI=1S/C9H17ClN2O4S/c1-4-16-8(13)12-17(14,15)11-7-5-6(10)9(7,2)3/h6-7,11H,4-5H2,1-3H3,(H,12,13). The van der Waals surface area contributed by atoms with Crippen molar-refractivity contribution in [2.75, 3.05) is 6.61 Å². The Morgan fingerprint density at radius 3 is 2.53 bits per heavy atom. The first kappa shape index (κ1) is 14.5. The highest BCUT2D eigenvalue weighted by Gasteiger charge is 2.48. The minimum absolute atomic E-state index is 0.0715. The molecule has 1 rings (SSSR count). The quantitative estimate of drug-likeness (QED) is 0.754. The van der Waals surface area contributed by atoms with E-state index in [1.165, 1.54) is 0 Å². The van der Waals surface area contributed by atoms with Gasteiger partial charge in [0.1, 0.15) is 0 Å². The van der Waals surface area contributed by atoms with Crippen LogP contribution < -0.4 is 9.44 Å². The van der Waals surface area contributed by atoms with Crippen LogP contribution in [0.2, 0.25) is 0 Å². The Morgan fingerprint density at radius 1 is 1.53 bits per heavy atom. The highest BCUT2D eigenvalue weighted by Crippen LogP contribution is 2.44. The van der Waals surface area contributed by atoms with Gasteiger partial charge in [-0.3, -0.25) is 0 Å². The zero-order chi connectivity index (χ0) is 13.3. The minimum Gasteiger partial charge on any atom is -0.449 e. The second-order valence-electron chi connectivity index (χ2n) is 4.52. The summed E-state index contributed by atoms with van der Waals surface area (Å²) in [6, 6.07) is -0.281. The summed E-state index contributed by atoms with van der Waals surface area (Å²) in [4.78, 5) is 11.0. The van der Waals surface area contributed by atoms with Crippen LogP contribution in [0.25, 0.3) is 0 Å². The number of hydrogen-bond donors (Lipinski definition) is 2. The van der Waals surface area contributed by atoms with Gasteiger partial charge in [0, 0.05) is 11.4 Å². The third-order valence-corrected chi connectivity index (χ3v) is 4.71. The van der Waals surface area contributed by atoms with Crippen molar-refractivity contribution in [3.05, 3.63) is 0 Å². The fraction of sp³-hybridized carbons (Fsp3) is 0.889. The van der Waals surface area contributed by atoms with Crippen molar-refractivity contribution in [3.63, 3.8) is 0 Å². The topological polar surface area (TPSA) is 84.5 Å². The number of amides is 1. The summed E-state index contributed by atoms with van der Waals surface area (Å²) in [6.45, 7) is 5.43. The summed E-state index contributed by atoms with van der Waals surface area (Å²) >= 11 is 5.97. The second kappa shape index (κ2) is 4.99. The molecular formula is C9H17ClN2O4S. The monoisotopic (exact) mass is 284 g/mol. The third kappa shape index (κ3) is 3.46. The van der Waals surface area contributed by atoms with Crippen molar-refractivity contribution < 1.29 is 17.9 Å². The van der Waals surface area contributed by atoms with Crippen LogP contribution in [0.15, 0.2) is 0 Å². The van der Waals surface area contributed by atoms with Gasteiger partial charge >= 0.3 is 16.3 Å². The number of carbonyl (C=O) groups is 1. The van der Waals surface area contributed by atoms with Crippen LogP contribution in [-0.4, -0.2) is 32.5 Å². The van der Waals surface area contributed by atoms with Gasteiger partial charge in [0.25, 0.3) is 0 Å². The fourth-order valence-corrected chi connectivity index (χ4v) is 3.00. The fourth-order valence-electron chi connectivity index (χ4n) is 1.56. The molecule has 1 saturated carbocycles. The Bertz CT molecular complexity index is 396. The van der Waals surface area contributed by atoms with E-state index in [2.05, 4.69) is 9.46 Å². The lowest BCUT2D eigenvalue weighted by Gasteiger charge is -2.48. The molecule has 100 valence electrons. The summed E-state index contributed by atoms with van der Waals surface area (Å²) in [7, 11) is -3.89. The van der Waals surface area contributed by atoms with Gasteiger partial charge in [-0.2, -0.15) is 13.1 Å². The zero-order valence-corrected chi connectivity index (χ0v) is 11.6. The first-order valence-corrected chi connectivity index (χ1v) is 7.22. The first-order chi connectivity index (χ1) is 7.69. The molecule has 0 spiro atoms. The van der Waals surface area contributed by atoms with Crippen molar-refractivity contribution in [1.29, 1.82) is 0 Å². The summed E-state index contributed by atoms with van der Waals surface area (Å²) in [5, 5.41) is -0.0715. The van der Waals surface area contributed by atoms with Crippen molar-refractivity contribution in [1.82, 2.24) is 9.44 Å². The molecule has 0 bridgehead atoms. The molecular weight excluding hydrogens is 268 g/mol. The Balaban J connectivity index is 2.54. The van der Waals surface area contributed by atoms with Crippen LogP contribution in [0, 0.1) is 5.41 Å². The van der Waals surface area contributed by atoms with E-state index in [-0.39, 0.29) is 23.4 Å². The van der Waals surface area contributed by atoms with Gasteiger partial charge in [-0.25, -0.2) is 9.52 Å². The lowest BCUT2D eigenvalue weighted by atomic mass is 9.67. The molecule has 0 aromatic carbocycles. The molecule has 17 heavy (non-hydrogen) atoms. The molecule has 2 atom stereocenters. The highest BCUT2D eigenvalue weighted by molar-refractivity contribution is 7.88. The molecule has 0 aliphatic heterocycles. The van der Waals surface area contributed by atoms with Gasteiger partial charge in [-0.15, -0.1) is 11.6 Å². The van der Waals surface area contributed by atoms with E-state index in [1.54, 1.807) is 11.6 Å². The smallest absolute Gasteiger partial charge is 0.421 e. The van der Waals surface area contributed by atoms with Crippen LogP contribution in [0.4, 0.5) is 4.79 Å². The second-order valence-corrected chi connectivity index (χ2v) is 6.49. The molecule has 0 heterocycles. The number of halogens is 1. The molecule has 0 aromatic heterocycles. The van der Waals surface area contributed by atoms with E-state index in [1.807, 2.05) is 13.8 Å². The zero-order valence-electron chi connectivity index (χ0n) is 9.99. The predicted octanol–water partition coefficient (Wildman–Crippen LogP) is 0.973. The van der Waals surface area contributed by atoms with E-state index in [0.717, 1.165) is 0 Å². The van der Waals surface area contributed by atoms with Gasteiger partial charge in [0.05, 0.1) is 6.61 Å². The van der Waals surface area contributed by atoms with Crippen LogP contribution in [0.1, 0.15) is 27.2 Å². The first-order valence-electron chi connectivity index (χ1n) is 5.30.